The minimum Gasteiger partial charge on any atom is -0.444 e. The monoisotopic (exact) mass is 462 g/mol. The number of ether oxygens (including phenoxy) is 1. The number of para-hydroxylation sites is 1. The van der Waals surface area contributed by atoms with Crippen molar-refractivity contribution in [1.29, 1.82) is 0 Å². The molecule has 0 fully saturated rings. The average Bonchev–Trinajstić information content (AvgIpc) is 2.80. The Bertz CT molecular complexity index is 693. The number of benzene rings is 1. The molecule has 0 aromatic heterocycles. The number of imide groups is 1. The van der Waals surface area contributed by atoms with Gasteiger partial charge in [-0.05, 0) is 12.5 Å². The maximum Gasteiger partial charge on any atom is 0.414 e. The van der Waals surface area contributed by atoms with Crippen molar-refractivity contribution >= 4 is 17.7 Å². The Hall–Kier alpha value is -2.44. The molecule has 0 bridgehead atoms. The number of rotatable bonds is 19. The first-order valence-corrected chi connectivity index (χ1v) is 12.7. The Kier molecular flexibility index (Phi) is 16.5. The summed E-state index contributed by atoms with van der Waals surface area (Å²) in [7, 11) is 0. The molecular formula is C26H42N2O5. The number of hydrogen-bond acceptors (Lipinski definition) is 5. The number of nitro groups is 1. The molecule has 0 heterocycles. The third-order valence-corrected chi connectivity index (χ3v) is 5.80. The van der Waals surface area contributed by atoms with Crippen LogP contribution >= 0.6 is 0 Å². The van der Waals surface area contributed by atoms with E-state index in [0.29, 0.717) is 0 Å². The Balaban J connectivity index is 1.95. The van der Waals surface area contributed by atoms with Crippen molar-refractivity contribution in [3.05, 3.63) is 39.9 Å². The average molecular weight is 463 g/mol. The molecule has 0 atom stereocenters. The summed E-state index contributed by atoms with van der Waals surface area (Å²) in [5, 5.41) is 13.1. The van der Waals surface area contributed by atoms with Crippen LogP contribution in [0.3, 0.4) is 0 Å². The van der Waals surface area contributed by atoms with E-state index in [1.165, 1.54) is 89.2 Å². The lowest BCUT2D eigenvalue weighted by Crippen LogP contribution is -2.30. The van der Waals surface area contributed by atoms with Gasteiger partial charge < -0.3 is 4.74 Å². The topological polar surface area (TPSA) is 98.5 Å². The van der Waals surface area contributed by atoms with Crippen LogP contribution in [0.4, 0.5) is 10.5 Å². The third-order valence-electron chi connectivity index (χ3n) is 5.80. The van der Waals surface area contributed by atoms with Crippen molar-refractivity contribution in [1.82, 2.24) is 5.32 Å². The smallest absolute Gasteiger partial charge is 0.414 e. The number of nitrogens with zero attached hydrogens (tertiary/aromatic N) is 1. The number of carbonyl (C=O) groups excluding carboxylic acids is 2. The van der Waals surface area contributed by atoms with Gasteiger partial charge in [0.15, 0.2) is 0 Å². The minimum absolute atomic E-state index is 0.116. The van der Waals surface area contributed by atoms with E-state index < -0.39 is 11.0 Å². The SMILES string of the molecule is CCCCCCCCCCCCCCCCCC(=O)NC(=O)OCc1ccccc1[N+](=O)[O-]. The fourth-order valence-electron chi connectivity index (χ4n) is 3.82. The molecule has 0 aliphatic heterocycles. The molecule has 1 N–H and O–H groups in total. The van der Waals surface area contributed by atoms with Crippen LogP contribution in [0.15, 0.2) is 24.3 Å². The van der Waals surface area contributed by atoms with Crippen LogP contribution in [0.5, 0.6) is 0 Å². The Morgan fingerprint density at radius 2 is 1.30 bits per heavy atom. The Morgan fingerprint density at radius 3 is 1.82 bits per heavy atom. The summed E-state index contributed by atoms with van der Waals surface area (Å²) in [5.41, 5.74) is 0.168. The molecule has 1 aromatic carbocycles. The van der Waals surface area contributed by atoms with Crippen LogP contribution in [0, 0.1) is 10.1 Å². The van der Waals surface area contributed by atoms with Crippen LogP contribution in [0.2, 0.25) is 0 Å². The van der Waals surface area contributed by atoms with E-state index in [9.17, 15) is 19.7 Å². The number of alkyl carbamates (subject to hydrolysis) is 1. The molecule has 7 heteroatoms. The fourth-order valence-corrected chi connectivity index (χ4v) is 3.82. The second-order valence-electron chi connectivity index (χ2n) is 8.71. The lowest BCUT2D eigenvalue weighted by Gasteiger charge is -2.07. The maximum absolute atomic E-state index is 11.9. The normalized spacial score (nSPS) is 10.7. The summed E-state index contributed by atoms with van der Waals surface area (Å²) in [6.45, 7) is 2.00. The summed E-state index contributed by atoms with van der Waals surface area (Å²) in [6.07, 6.45) is 18.2. The first-order valence-electron chi connectivity index (χ1n) is 12.7. The largest absolute Gasteiger partial charge is 0.444 e. The van der Waals surface area contributed by atoms with Crippen molar-refractivity contribution < 1.29 is 19.2 Å². The van der Waals surface area contributed by atoms with E-state index in [2.05, 4.69) is 12.2 Å². The van der Waals surface area contributed by atoms with E-state index in [1.54, 1.807) is 12.1 Å². The molecule has 0 spiro atoms. The summed E-state index contributed by atoms with van der Waals surface area (Å²) in [6, 6.07) is 6.04. The number of carbonyl (C=O) groups is 2. The first-order chi connectivity index (χ1) is 16.0. The minimum atomic E-state index is -0.876. The van der Waals surface area contributed by atoms with Crippen molar-refractivity contribution in [3.8, 4) is 0 Å². The van der Waals surface area contributed by atoms with Gasteiger partial charge in [0, 0.05) is 12.5 Å². The van der Waals surface area contributed by atoms with Crippen LogP contribution < -0.4 is 5.32 Å². The number of amides is 2. The van der Waals surface area contributed by atoms with Gasteiger partial charge in [-0.2, -0.15) is 0 Å². The van der Waals surface area contributed by atoms with E-state index in [-0.39, 0.29) is 30.2 Å². The second kappa shape index (κ2) is 19.1. The molecule has 0 radical (unpaired) electrons. The zero-order valence-electron chi connectivity index (χ0n) is 20.3. The van der Waals surface area contributed by atoms with Gasteiger partial charge in [0.2, 0.25) is 5.91 Å². The van der Waals surface area contributed by atoms with E-state index in [1.807, 2.05) is 0 Å². The zero-order chi connectivity index (χ0) is 24.2. The molecule has 1 aromatic rings. The highest BCUT2D eigenvalue weighted by molar-refractivity contribution is 5.91. The molecule has 186 valence electrons. The van der Waals surface area contributed by atoms with Gasteiger partial charge in [-0.25, -0.2) is 4.79 Å². The van der Waals surface area contributed by atoms with E-state index in [0.717, 1.165) is 19.3 Å². The molecule has 2 amide bonds. The lowest BCUT2D eigenvalue weighted by molar-refractivity contribution is -0.385. The van der Waals surface area contributed by atoms with Gasteiger partial charge in [0.05, 0.1) is 10.5 Å². The summed E-state index contributed by atoms with van der Waals surface area (Å²) >= 11 is 0. The highest BCUT2D eigenvalue weighted by atomic mass is 16.6. The Labute approximate surface area is 198 Å². The standard InChI is InChI=1S/C26H42N2O5/c1-2-3-4-5-6-7-8-9-10-11-12-13-14-15-16-21-25(29)27-26(30)33-22-23-19-17-18-20-24(23)28(31)32/h17-20H,2-16,21-22H2,1H3,(H,27,29,30). The summed E-state index contributed by atoms with van der Waals surface area (Å²) < 4.78 is 4.94. The predicted octanol–water partition coefficient (Wildman–Crippen LogP) is 7.61. The highest BCUT2D eigenvalue weighted by Crippen LogP contribution is 2.18. The Morgan fingerprint density at radius 1 is 0.818 bits per heavy atom. The van der Waals surface area contributed by atoms with Gasteiger partial charge in [0.1, 0.15) is 6.61 Å². The number of unbranched alkanes of at least 4 members (excludes halogenated alkanes) is 14. The molecule has 7 nitrogen and oxygen atoms in total. The predicted molar refractivity (Wildman–Crippen MR) is 131 cm³/mol. The van der Waals surface area contributed by atoms with Gasteiger partial charge in [-0.1, -0.05) is 109 Å². The maximum atomic E-state index is 11.9. The molecule has 33 heavy (non-hydrogen) atoms. The molecule has 0 unspecified atom stereocenters. The van der Waals surface area contributed by atoms with Gasteiger partial charge in [-0.15, -0.1) is 0 Å². The number of hydrogen-bond donors (Lipinski definition) is 1. The van der Waals surface area contributed by atoms with Crippen LogP contribution in [-0.4, -0.2) is 16.9 Å². The van der Waals surface area contributed by atoms with E-state index >= 15 is 0 Å². The summed E-state index contributed by atoms with van der Waals surface area (Å²) in [4.78, 5) is 34.0. The molecule has 0 saturated carbocycles. The third kappa shape index (κ3) is 15.1. The molecule has 0 aliphatic rings. The van der Waals surface area contributed by atoms with Crippen molar-refractivity contribution in [2.75, 3.05) is 0 Å². The quantitative estimate of drug-likeness (QED) is 0.130. The lowest BCUT2D eigenvalue weighted by atomic mass is 10.0. The van der Waals surface area contributed by atoms with Gasteiger partial charge in [0.25, 0.3) is 5.69 Å². The molecule has 1 rings (SSSR count). The first kappa shape index (κ1) is 28.6. The van der Waals surface area contributed by atoms with Crippen LogP contribution in [-0.2, 0) is 16.1 Å². The van der Waals surface area contributed by atoms with Crippen molar-refractivity contribution in [2.24, 2.45) is 0 Å². The van der Waals surface area contributed by atoms with E-state index in [4.69, 9.17) is 4.74 Å². The van der Waals surface area contributed by atoms with Crippen LogP contribution in [0.25, 0.3) is 0 Å². The summed E-state index contributed by atoms with van der Waals surface area (Å²) in [5.74, 6) is -0.378. The van der Waals surface area contributed by atoms with Gasteiger partial charge >= 0.3 is 6.09 Å². The van der Waals surface area contributed by atoms with Crippen molar-refractivity contribution in [2.45, 2.75) is 116 Å². The molecule has 0 saturated heterocycles. The zero-order valence-corrected chi connectivity index (χ0v) is 20.3. The number of nitro benzene ring substituents is 1. The van der Waals surface area contributed by atoms with Crippen LogP contribution in [0.1, 0.15) is 115 Å². The van der Waals surface area contributed by atoms with Crippen molar-refractivity contribution in [3.63, 3.8) is 0 Å². The number of nitrogens with one attached hydrogen (secondary N) is 1. The fraction of sp³-hybridized carbons (Fsp3) is 0.692. The highest BCUT2D eigenvalue weighted by Gasteiger charge is 2.15. The van der Waals surface area contributed by atoms with Gasteiger partial charge in [-0.3, -0.25) is 20.2 Å². The second-order valence-corrected chi connectivity index (χ2v) is 8.71. The molecule has 0 aliphatic carbocycles. The molecular weight excluding hydrogens is 420 g/mol.